The van der Waals surface area contributed by atoms with Crippen molar-refractivity contribution in [1.29, 1.82) is 0 Å². The molecule has 8 heteroatoms. The van der Waals surface area contributed by atoms with E-state index in [4.69, 9.17) is 18.6 Å². The van der Waals surface area contributed by atoms with Crippen molar-refractivity contribution in [2.75, 3.05) is 6.61 Å². The van der Waals surface area contributed by atoms with Gasteiger partial charge >= 0.3 is 11.9 Å². The Kier molecular flexibility index (Phi) is 9.28. The van der Waals surface area contributed by atoms with Crippen LogP contribution in [0.1, 0.15) is 48.5 Å². The van der Waals surface area contributed by atoms with Crippen molar-refractivity contribution in [1.82, 2.24) is 0 Å². The van der Waals surface area contributed by atoms with Gasteiger partial charge in [-0.05, 0) is 45.8 Å². The zero-order valence-electron chi connectivity index (χ0n) is 16.9. The van der Waals surface area contributed by atoms with E-state index < -0.39 is 44.9 Å². The highest BCUT2D eigenvalue weighted by Crippen LogP contribution is 2.37. The van der Waals surface area contributed by atoms with Gasteiger partial charge in [-0.3, -0.25) is 0 Å². The first-order valence-corrected chi connectivity index (χ1v) is 11.5. The number of hydrogen-bond acceptors (Lipinski definition) is 7. The third-order valence-corrected chi connectivity index (χ3v) is 8.83. The van der Waals surface area contributed by atoms with Crippen LogP contribution in [0.15, 0.2) is 0 Å². The number of carbonyl (C=O) groups excluding carboxylic acids is 2. The largest absolute Gasteiger partial charge is 0.464 e. The van der Waals surface area contributed by atoms with Gasteiger partial charge < -0.3 is 23.7 Å². The molecule has 7 nitrogen and oxygen atoms in total. The van der Waals surface area contributed by atoms with Crippen LogP contribution in [0.5, 0.6) is 0 Å². The van der Waals surface area contributed by atoms with Crippen LogP contribution in [0, 0.1) is 0 Å². The van der Waals surface area contributed by atoms with E-state index in [-0.39, 0.29) is 11.6 Å². The highest BCUT2D eigenvalue weighted by Gasteiger charge is 2.40. The maximum atomic E-state index is 12.2. The van der Waals surface area contributed by atoms with Gasteiger partial charge in [0.15, 0.2) is 20.7 Å². The Hall–Kier alpha value is -0.963. The summed E-state index contributed by atoms with van der Waals surface area (Å²) in [5.41, 5.74) is 0. The molecule has 0 radical (unpaired) electrons. The molecule has 0 aliphatic heterocycles. The molecule has 0 spiro atoms. The number of rotatable bonds is 9. The summed E-state index contributed by atoms with van der Waals surface area (Å²) in [6, 6.07) is 0. The number of ether oxygens (including phenoxy) is 3. The lowest BCUT2D eigenvalue weighted by Crippen LogP contribution is -2.46. The standard InChI is InChI=1S/C17H34O7Si/c1-10-21-14(18)11(2)22-15(19)12(3)23-16(20)13(4)24-25(8,9)17(5,6)7/h11-13,15,19H,10H2,1-9H3/t11-,12-,13-,15?/m0/s1. The Morgan fingerprint density at radius 1 is 1.04 bits per heavy atom. The predicted octanol–water partition coefficient (Wildman–Crippen LogP) is 2.62. The van der Waals surface area contributed by atoms with Crippen molar-refractivity contribution in [3.05, 3.63) is 0 Å². The summed E-state index contributed by atoms with van der Waals surface area (Å²) in [7, 11) is -2.12. The monoisotopic (exact) mass is 378 g/mol. The smallest absolute Gasteiger partial charge is 0.335 e. The summed E-state index contributed by atoms with van der Waals surface area (Å²) in [5, 5.41) is 9.92. The Balaban J connectivity index is 4.60. The summed E-state index contributed by atoms with van der Waals surface area (Å²) >= 11 is 0. The van der Waals surface area contributed by atoms with Gasteiger partial charge in [-0.15, -0.1) is 0 Å². The van der Waals surface area contributed by atoms with Crippen LogP contribution in [-0.4, -0.2) is 56.6 Å². The van der Waals surface area contributed by atoms with Crippen molar-refractivity contribution in [2.24, 2.45) is 0 Å². The summed E-state index contributed by atoms with van der Waals surface area (Å²) in [6.07, 6.45) is -4.10. The van der Waals surface area contributed by atoms with Gasteiger partial charge in [0, 0.05) is 0 Å². The minimum absolute atomic E-state index is 0.0369. The van der Waals surface area contributed by atoms with E-state index in [1.807, 2.05) is 13.1 Å². The molecule has 0 aliphatic rings. The molecule has 4 atom stereocenters. The Morgan fingerprint density at radius 3 is 2.00 bits per heavy atom. The average Bonchev–Trinajstić information content (AvgIpc) is 2.45. The van der Waals surface area contributed by atoms with Crippen LogP contribution >= 0.6 is 0 Å². The minimum Gasteiger partial charge on any atom is -0.464 e. The van der Waals surface area contributed by atoms with Gasteiger partial charge in [0.05, 0.1) is 6.61 Å². The highest BCUT2D eigenvalue weighted by molar-refractivity contribution is 6.74. The third-order valence-electron chi connectivity index (χ3n) is 4.28. The highest BCUT2D eigenvalue weighted by atomic mass is 28.4. The van der Waals surface area contributed by atoms with E-state index >= 15 is 0 Å². The summed E-state index contributed by atoms with van der Waals surface area (Å²) in [5.74, 6) is -1.17. The van der Waals surface area contributed by atoms with Crippen molar-refractivity contribution < 1.29 is 33.3 Å². The fraction of sp³-hybridized carbons (Fsp3) is 0.882. The third kappa shape index (κ3) is 7.85. The van der Waals surface area contributed by atoms with Crippen molar-refractivity contribution >= 4 is 20.3 Å². The van der Waals surface area contributed by atoms with E-state index in [2.05, 4.69) is 20.8 Å². The molecule has 0 aromatic rings. The fourth-order valence-corrected chi connectivity index (χ4v) is 2.97. The summed E-state index contributed by atoms with van der Waals surface area (Å²) in [6.45, 7) is 16.8. The maximum absolute atomic E-state index is 12.2. The zero-order chi connectivity index (χ0) is 20.0. The van der Waals surface area contributed by atoms with Crippen LogP contribution in [0.4, 0.5) is 0 Å². The molecule has 25 heavy (non-hydrogen) atoms. The van der Waals surface area contributed by atoms with Gasteiger partial charge in [0.25, 0.3) is 0 Å². The average molecular weight is 379 g/mol. The Bertz CT molecular complexity index is 445. The number of carbonyl (C=O) groups is 2. The zero-order valence-corrected chi connectivity index (χ0v) is 17.9. The number of esters is 2. The molecule has 148 valence electrons. The van der Waals surface area contributed by atoms with Gasteiger partial charge in [0.1, 0.15) is 12.2 Å². The summed E-state index contributed by atoms with van der Waals surface area (Å²) in [4.78, 5) is 23.7. The molecule has 0 rings (SSSR count). The van der Waals surface area contributed by atoms with Gasteiger partial charge in [-0.2, -0.15) is 0 Å². The molecule has 1 N–H and O–H groups in total. The van der Waals surface area contributed by atoms with E-state index in [0.717, 1.165) is 0 Å². The normalized spacial score (nSPS) is 17.4. The molecule has 0 heterocycles. The van der Waals surface area contributed by atoms with Gasteiger partial charge in [0.2, 0.25) is 0 Å². The van der Waals surface area contributed by atoms with Crippen LogP contribution in [0.2, 0.25) is 18.1 Å². The lowest BCUT2D eigenvalue weighted by Gasteiger charge is -2.38. The van der Waals surface area contributed by atoms with E-state index in [1.165, 1.54) is 13.8 Å². The molecular weight excluding hydrogens is 344 g/mol. The molecule has 0 aromatic heterocycles. The second-order valence-electron chi connectivity index (χ2n) is 7.58. The van der Waals surface area contributed by atoms with Crippen LogP contribution < -0.4 is 0 Å². The van der Waals surface area contributed by atoms with Crippen molar-refractivity contribution in [2.45, 2.75) is 91.2 Å². The maximum Gasteiger partial charge on any atom is 0.335 e. The number of aliphatic hydroxyl groups excluding tert-OH is 1. The molecule has 1 unspecified atom stereocenters. The van der Waals surface area contributed by atoms with Gasteiger partial charge in [-0.1, -0.05) is 20.8 Å². The quantitative estimate of drug-likeness (QED) is 0.374. The molecule has 0 amide bonds. The van der Waals surface area contributed by atoms with Gasteiger partial charge in [-0.25, -0.2) is 9.59 Å². The Labute approximate surface area is 152 Å². The minimum atomic E-state index is -2.12. The molecular formula is C17H34O7Si. The number of aliphatic hydroxyl groups is 1. The Morgan fingerprint density at radius 2 is 1.56 bits per heavy atom. The first-order valence-electron chi connectivity index (χ1n) is 8.61. The van der Waals surface area contributed by atoms with Crippen LogP contribution in [0.3, 0.4) is 0 Å². The van der Waals surface area contributed by atoms with E-state index in [0.29, 0.717) is 0 Å². The summed E-state index contributed by atoms with van der Waals surface area (Å²) < 4.78 is 21.1. The molecule has 0 aromatic carbocycles. The first kappa shape index (κ1) is 24.0. The molecule has 0 aliphatic carbocycles. The lowest BCUT2D eigenvalue weighted by molar-refractivity contribution is -0.210. The number of hydrogen-bond donors (Lipinski definition) is 1. The second-order valence-corrected chi connectivity index (χ2v) is 12.3. The van der Waals surface area contributed by atoms with Crippen molar-refractivity contribution in [3.8, 4) is 0 Å². The first-order chi connectivity index (χ1) is 11.2. The molecule has 0 bridgehead atoms. The van der Waals surface area contributed by atoms with E-state index in [1.54, 1.807) is 13.8 Å². The topological polar surface area (TPSA) is 91.3 Å². The fourth-order valence-electron chi connectivity index (χ4n) is 1.64. The predicted molar refractivity (Wildman–Crippen MR) is 96.5 cm³/mol. The van der Waals surface area contributed by atoms with Crippen LogP contribution in [-0.2, 0) is 28.2 Å². The molecule has 0 fully saturated rings. The second kappa shape index (κ2) is 9.66. The van der Waals surface area contributed by atoms with Crippen molar-refractivity contribution in [3.63, 3.8) is 0 Å². The lowest BCUT2D eigenvalue weighted by atomic mass is 10.2. The SMILES string of the molecule is CCOC(=O)[C@H](C)OC(O)[C@H](C)OC(=O)[C@H](C)O[Si](C)(C)C(C)(C)C. The molecule has 0 saturated carbocycles. The molecule has 0 saturated heterocycles. The van der Waals surface area contributed by atoms with Crippen LogP contribution in [0.25, 0.3) is 0 Å². The van der Waals surface area contributed by atoms with E-state index in [9.17, 15) is 14.7 Å².